The summed E-state index contributed by atoms with van der Waals surface area (Å²) in [6, 6.07) is 12.8. The molecule has 0 aromatic heterocycles. The lowest BCUT2D eigenvalue weighted by molar-refractivity contribution is 0.600. The van der Waals surface area contributed by atoms with Crippen LogP contribution in [0.2, 0.25) is 0 Å². The van der Waals surface area contributed by atoms with E-state index in [0.717, 1.165) is 16.7 Å². The summed E-state index contributed by atoms with van der Waals surface area (Å²) in [5.41, 5.74) is 3.26. The van der Waals surface area contributed by atoms with Gasteiger partial charge in [-0.15, -0.1) is 0 Å². The van der Waals surface area contributed by atoms with Crippen molar-refractivity contribution in [3.8, 4) is 0 Å². The molecule has 5 heteroatoms. The summed E-state index contributed by atoms with van der Waals surface area (Å²) in [4.78, 5) is 0.321. The van der Waals surface area contributed by atoms with Gasteiger partial charge in [-0.3, -0.25) is 4.72 Å². The molecule has 0 aliphatic heterocycles. The molecule has 0 heterocycles. The molecule has 0 radical (unpaired) electrons. The second-order valence-electron chi connectivity index (χ2n) is 5.11. The van der Waals surface area contributed by atoms with Gasteiger partial charge in [0.05, 0.1) is 4.90 Å². The molecule has 0 aliphatic rings. The maximum atomic E-state index is 12.5. The molecule has 0 saturated heterocycles. The maximum absolute atomic E-state index is 12.5. The van der Waals surface area contributed by atoms with Gasteiger partial charge in [-0.05, 0) is 55.8 Å². The molecule has 0 aliphatic carbocycles. The smallest absolute Gasteiger partial charge is 0.262 e. The summed E-state index contributed by atoms with van der Waals surface area (Å²) in [7, 11) is -1.71. The number of nitrogens with one attached hydrogen (secondary N) is 2. The van der Waals surface area contributed by atoms with E-state index in [0.29, 0.717) is 17.1 Å². The Morgan fingerprint density at radius 2 is 1.81 bits per heavy atom. The summed E-state index contributed by atoms with van der Waals surface area (Å²) >= 11 is 0. The molecule has 0 spiro atoms. The largest absolute Gasteiger partial charge is 0.316 e. The number of sulfonamides is 1. The molecular weight excluding hydrogens is 284 g/mol. The van der Waals surface area contributed by atoms with E-state index < -0.39 is 10.0 Å². The predicted molar refractivity (Wildman–Crippen MR) is 85.9 cm³/mol. The molecule has 21 heavy (non-hydrogen) atoms. The van der Waals surface area contributed by atoms with Crippen molar-refractivity contribution in [2.75, 3.05) is 11.8 Å². The Morgan fingerprint density at radius 3 is 2.52 bits per heavy atom. The summed E-state index contributed by atoms with van der Waals surface area (Å²) < 4.78 is 27.7. The second-order valence-corrected chi connectivity index (χ2v) is 6.76. The van der Waals surface area contributed by atoms with Crippen molar-refractivity contribution in [3.63, 3.8) is 0 Å². The van der Waals surface area contributed by atoms with E-state index in [9.17, 15) is 8.42 Å². The second kappa shape index (κ2) is 6.28. The van der Waals surface area contributed by atoms with E-state index in [1.165, 1.54) is 0 Å². The Bertz CT molecular complexity index is 740. The molecule has 0 atom stereocenters. The number of hydrogen-bond acceptors (Lipinski definition) is 3. The van der Waals surface area contributed by atoms with Crippen LogP contribution in [0.3, 0.4) is 0 Å². The minimum absolute atomic E-state index is 0.321. The van der Waals surface area contributed by atoms with Crippen LogP contribution < -0.4 is 10.0 Å². The highest BCUT2D eigenvalue weighted by Crippen LogP contribution is 2.21. The summed E-state index contributed by atoms with van der Waals surface area (Å²) in [5.74, 6) is 0. The van der Waals surface area contributed by atoms with Crippen LogP contribution >= 0.6 is 0 Å². The quantitative estimate of drug-likeness (QED) is 0.893. The molecule has 0 unspecified atom stereocenters. The van der Waals surface area contributed by atoms with Crippen LogP contribution in [0.1, 0.15) is 16.7 Å². The molecule has 0 saturated carbocycles. The third-order valence-electron chi connectivity index (χ3n) is 3.19. The van der Waals surface area contributed by atoms with Crippen LogP contribution in [-0.4, -0.2) is 15.5 Å². The molecule has 0 amide bonds. The van der Waals surface area contributed by atoms with Gasteiger partial charge in [0.2, 0.25) is 0 Å². The first-order valence-corrected chi connectivity index (χ1v) is 8.24. The first-order chi connectivity index (χ1) is 9.92. The van der Waals surface area contributed by atoms with Gasteiger partial charge in [0.15, 0.2) is 0 Å². The highest BCUT2D eigenvalue weighted by Gasteiger charge is 2.17. The molecule has 2 aromatic rings. The topological polar surface area (TPSA) is 58.2 Å². The standard InChI is InChI=1S/C16H20N2O2S/c1-12-7-8-13(2)16(9-12)21(19,20)18-15-6-4-5-14(10-15)11-17-3/h4-10,17-18H,11H2,1-3H3. The molecule has 2 aromatic carbocycles. The van der Waals surface area contributed by atoms with E-state index in [1.54, 1.807) is 19.1 Å². The van der Waals surface area contributed by atoms with E-state index in [4.69, 9.17) is 0 Å². The highest BCUT2D eigenvalue weighted by atomic mass is 32.2. The minimum atomic E-state index is -3.57. The van der Waals surface area contributed by atoms with Crippen LogP contribution in [-0.2, 0) is 16.6 Å². The maximum Gasteiger partial charge on any atom is 0.262 e. The van der Waals surface area contributed by atoms with Crippen molar-refractivity contribution < 1.29 is 8.42 Å². The van der Waals surface area contributed by atoms with Crippen molar-refractivity contribution in [3.05, 3.63) is 59.2 Å². The SMILES string of the molecule is CNCc1cccc(NS(=O)(=O)c2cc(C)ccc2C)c1. The number of anilines is 1. The fraction of sp³-hybridized carbons (Fsp3) is 0.250. The predicted octanol–water partition coefficient (Wildman–Crippen LogP) is 2.82. The van der Waals surface area contributed by atoms with Gasteiger partial charge in [-0.25, -0.2) is 8.42 Å². The lowest BCUT2D eigenvalue weighted by atomic mass is 10.2. The van der Waals surface area contributed by atoms with E-state index >= 15 is 0 Å². The Hall–Kier alpha value is -1.85. The highest BCUT2D eigenvalue weighted by molar-refractivity contribution is 7.92. The zero-order valence-electron chi connectivity index (χ0n) is 12.5. The molecule has 4 nitrogen and oxygen atoms in total. The third kappa shape index (κ3) is 3.83. The average molecular weight is 304 g/mol. The van der Waals surface area contributed by atoms with Crippen LogP contribution in [0.25, 0.3) is 0 Å². The van der Waals surface area contributed by atoms with Crippen molar-refractivity contribution in [1.29, 1.82) is 0 Å². The zero-order valence-corrected chi connectivity index (χ0v) is 13.3. The van der Waals surface area contributed by atoms with Crippen LogP contribution in [0.4, 0.5) is 5.69 Å². The number of aryl methyl sites for hydroxylation is 2. The lowest BCUT2D eigenvalue weighted by Crippen LogP contribution is -2.15. The van der Waals surface area contributed by atoms with Crippen LogP contribution in [0, 0.1) is 13.8 Å². The Balaban J connectivity index is 2.33. The molecule has 112 valence electrons. The summed E-state index contributed by atoms with van der Waals surface area (Å²) in [5, 5.41) is 3.05. The first kappa shape index (κ1) is 15.5. The normalized spacial score (nSPS) is 11.4. The lowest BCUT2D eigenvalue weighted by Gasteiger charge is -2.12. The van der Waals surface area contributed by atoms with Crippen LogP contribution in [0.15, 0.2) is 47.4 Å². The molecule has 0 fully saturated rings. The number of benzene rings is 2. The van der Waals surface area contributed by atoms with Gasteiger partial charge < -0.3 is 5.32 Å². The first-order valence-electron chi connectivity index (χ1n) is 6.76. The monoisotopic (exact) mass is 304 g/mol. The van der Waals surface area contributed by atoms with Crippen molar-refractivity contribution in [2.45, 2.75) is 25.3 Å². The fourth-order valence-electron chi connectivity index (χ4n) is 2.16. The van der Waals surface area contributed by atoms with Crippen molar-refractivity contribution in [1.82, 2.24) is 5.32 Å². The third-order valence-corrected chi connectivity index (χ3v) is 4.72. The molecule has 2 rings (SSSR count). The average Bonchev–Trinajstić information content (AvgIpc) is 2.42. The summed E-state index contributed by atoms with van der Waals surface area (Å²) in [6.07, 6.45) is 0. The van der Waals surface area contributed by atoms with Crippen molar-refractivity contribution in [2.24, 2.45) is 0 Å². The van der Waals surface area contributed by atoms with Gasteiger partial charge >= 0.3 is 0 Å². The number of rotatable bonds is 5. The minimum Gasteiger partial charge on any atom is -0.316 e. The zero-order chi connectivity index (χ0) is 15.5. The van der Waals surface area contributed by atoms with Gasteiger partial charge in [0.25, 0.3) is 10.0 Å². The fourth-order valence-corrected chi connectivity index (χ4v) is 3.54. The number of hydrogen-bond donors (Lipinski definition) is 2. The van der Waals surface area contributed by atoms with Gasteiger partial charge in [-0.1, -0.05) is 24.3 Å². The summed E-state index contributed by atoms with van der Waals surface area (Å²) in [6.45, 7) is 4.37. The Kier molecular flexibility index (Phi) is 4.65. The molecule has 0 bridgehead atoms. The Labute approximate surface area is 126 Å². The van der Waals surface area contributed by atoms with E-state index in [1.807, 2.05) is 44.3 Å². The van der Waals surface area contributed by atoms with Gasteiger partial charge in [0, 0.05) is 12.2 Å². The molecular formula is C16H20N2O2S. The van der Waals surface area contributed by atoms with Crippen molar-refractivity contribution >= 4 is 15.7 Å². The Morgan fingerprint density at radius 1 is 1.05 bits per heavy atom. The van der Waals surface area contributed by atoms with Crippen LogP contribution in [0.5, 0.6) is 0 Å². The van der Waals surface area contributed by atoms with Gasteiger partial charge in [0.1, 0.15) is 0 Å². The molecule has 2 N–H and O–H groups in total. The van der Waals surface area contributed by atoms with Gasteiger partial charge in [-0.2, -0.15) is 0 Å². The van der Waals surface area contributed by atoms with E-state index in [2.05, 4.69) is 10.0 Å². The van der Waals surface area contributed by atoms with E-state index in [-0.39, 0.29) is 0 Å².